The predicted molar refractivity (Wildman–Crippen MR) is 88.4 cm³/mol. The average Bonchev–Trinajstić information content (AvgIpc) is 2.45. The molecule has 0 saturated carbocycles. The Hall–Kier alpha value is -0.930. The summed E-state index contributed by atoms with van der Waals surface area (Å²) in [6, 6.07) is 0. The zero-order valence-corrected chi connectivity index (χ0v) is 13.9. The molecule has 2 rings (SSSR count). The van der Waals surface area contributed by atoms with Crippen LogP contribution in [0.5, 0.6) is 0 Å². The van der Waals surface area contributed by atoms with Crippen LogP contribution >= 0.6 is 0 Å². The van der Waals surface area contributed by atoms with Crippen molar-refractivity contribution in [1.29, 1.82) is 0 Å². The molecular formula is C19H30O3. The lowest BCUT2D eigenvalue weighted by Crippen LogP contribution is -2.29. The second-order valence-corrected chi connectivity index (χ2v) is 7.15. The highest BCUT2D eigenvalue weighted by Crippen LogP contribution is 2.42. The fraction of sp³-hybridized carbons (Fsp3) is 0.737. The summed E-state index contributed by atoms with van der Waals surface area (Å²) in [6.45, 7) is 3.74. The molecule has 2 aliphatic carbocycles. The number of Topliss-reactive ketones (excluding diaryl/α,β-unsaturated/α-hetero) is 1. The van der Waals surface area contributed by atoms with E-state index in [9.17, 15) is 15.0 Å². The van der Waals surface area contributed by atoms with E-state index in [2.05, 4.69) is 25.2 Å². The molecule has 0 heterocycles. The van der Waals surface area contributed by atoms with Crippen LogP contribution in [-0.4, -0.2) is 28.2 Å². The Kier molecular flexibility index (Phi) is 6.39. The van der Waals surface area contributed by atoms with E-state index in [4.69, 9.17) is 0 Å². The smallest absolute Gasteiger partial charge is 0.132 e. The van der Waals surface area contributed by atoms with E-state index in [0.717, 1.165) is 6.42 Å². The van der Waals surface area contributed by atoms with Crippen molar-refractivity contribution in [3.8, 4) is 0 Å². The van der Waals surface area contributed by atoms with Crippen LogP contribution in [0.4, 0.5) is 0 Å². The van der Waals surface area contributed by atoms with E-state index in [0.29, 0.717) is 30.6 Å². The van der Waals surface area contributed by atoms with Gasteiger partial charge in [-0.05, 0) is 68.8 Å². The number of aliphatic hydroxyl groups excluding tert-OH is 2. The number of carbonyl (C=O) groups is 1. The molecule has 0 radical (unpaired) electrons. The van der Waals surface area contributed by atoms with Crippen molar-refractivity contribution in [2.45, 2.75) is 71.0 Å². The normalized spacial score (nSPS) is 30.4. The molecule has 0 bridgehead atoms. The predicted octanol–water partition coefficient (Wildman–Crippen LogP) is 3.41. The van der Waals surface area contributed by atoms with Crippen LogP contribution in [-0.2, 0) is 4.79 Å². The number of ketones is 1. The van der Waals surface area contributed by atoms with Gasteiger partial charge in [-0.25, -0.2) is 0 Å². The molecule has 0 aromatic heterocycles. The monoisotopic (exact) mass is 306 g/mol. The van der Waals surface area contributed by atoms with Gasteiger partial charge in [-0.15, -0.1) is 0 Å². The molecule has 0 aromatic carbocycles. The van der Waals surface area contributed by atoms with Gasteiger partial charge < -0.3 is 10.2 Å². The first-order chi connectivity index (χ1) is 10.5. The van der Waals surface area contributed by atoms with Gasteiger partial charge in [0.15, 0.2) is 0 Å². The molecule has 5 atom stereocenters. The Balaban J connectivity index is 1.84. The minimum absolute atomic E-state index is 0.0253. The van der Waals surface area contributed by atoms with Crippen molar-refractivity contribution in [3.05, 3.63) is 23.8 Å². The third-order valence-electron chi connectivity index (χ3n) is 5.21. The quantitative estimate of drug-likeness (QED) is 0.758. The van der Waals surface area contributed by atoms with Crippen LogP contribution in [0.1, 0.15) is 58.8 Å². The molecule has 2 aliphatic rings. The van der Waals surface area contributed by atoms with Crippen LogP contribution in [0.2, 0.25) is 0 Å². The number of aliphatic hydroxyl groups is 2. The Morgan fingerprint density at radius 3 is 2.86 bits per heavy atom. The van der Waals surface area contributed by atoms with Gasteiger partial charge >= 0.3 is 0 Å². The van der Waals surface area contributed by atoms with E-state index in [1.807, 2.05) is 0 Å². The second kappa shape index (κ2) is 8.07. The lowest BCUT2D eigenvalue weighted by Gasteiger charge is -2.37. The van der Waals surface area contributed by atoms with Crippen LogP contribution < -0.4 is 0 Å². The highest BCUT2D eigenvalue weighted by atomic mass is 16.3. The molecule has 2 N–H and O–H groups in total. The SMILES string of the molecule is CC(=O)CC(O)CC(O)CCC1C(C)C=CC2=CCCCC21. The Bertz CT molecular complexity index is 438. The maximum atomic E-state index is 11.0. The topological polar surface area (TPSA) is 57.5 Å². The summed E-state index contributed by atoms with van der Waals surface area (Å²) < 4.78 is 0. The Morgan fingerprint density at radius 1 is 1.36 bits per heavy atom. The highest BCUT2D eigenvalue weighted by Gasteiger charge is 2.32. The molecule has 5 unspecified atom stereocenters. The standard InChI is InChI=1S/C19H30O3/c1-13-7-8-15-5-3-4-6-19(15)18(13)10-9-16(21)12-17(22)11-14(2)20/h5,7-8,13,16-19,21-22H,3-4,6,9-12H2,1-2H3. The van der Waals surface area contributed by atoms with E-state index in [1.54, 1.807) is 0 Å². The van der Waals surface area contributed by atoms with Crippen LogP contribution in [0, 0.1) is 17.8 Å². The van der Waals surface area contributed by atoms with Gasteiger partial charge in [0.2, 0.25) is 0 Å². The number of carbonyl (C=O) groups excluding carboxylic acids is 1. The molecule has 0 aliphatic heterocycles. The van der Waals surface area contributed by atoms with Crippen LogP contribution in [0.15, 0.2) is 23.8 Å². The van der Waals surface area contributed by atoms with E-state index < -0.39 is 12.2 Å². The van der Waals surface area contributed by atoms with Crippen molar-refractivity contribution in [2.24, 2.45) is 17.8 Å². The summed E-state index contributed by atoms with van der Waals surface area (Å²) in [5, 5.41) is 19.9. The van der Waals surface area contributed by atoms with Crippen molar-refractivity contribution in [1.82, 2.24) is 0 Å². The van der Waals surface area contributed by atoms with Crippen LogP contribution in [0.25, 0.3) is 0 Å². The number of hydrogen-bond acceptors (Lipinski definition) is 3. The van der Waals surface area contributed by atoms with E-state index in [-0.39, 0.29) is 12.2 Å². The van der Waals surface area contributed by atoms with Crippen molar-refractivity contribution < 1.29 is 15.0 Å². The molecule has 0 spiro atoms. The Labute approximate surface area is 134 Å². The molecule has 3 nitrogen and oxygen atoms in total. The fourth-order valence-electron chi connectivity index (χ4n) is 4.05. The zero-order chi connectivity index (χ0) is 16.1. The third-order valence-corrected chi connectivity index (χ3v) is 5.21. The maximum Gasteiger partial charge on any atom is 0.132 e. The first kappa shape index (κ1) is 17.4. The highest BCUT2D eigenvalue weighted by molar-refractivity contribution is 5.75. The molecule has 0 saturated heterocycles. The molecule has 124 valence electrons. The average molecular weight is 306 g/mol. The molecule has 0 aromatic rings. The second-order valence-electron chi connectivity index (χ2n) is 7.15. The minimum Gasteiger partial charge on any atom is -0.393 e. The first-order valence-electron chi connectivity index (χ1n) is 8.71. The lowest BCUT2D eigenvalue weighted by atomic mass is 9.68. The van der Waals surface area contributed by atoms with E-state index >= 15 is 0 Å². The van der Waals surface area contributed by atoms with Crippen molar-refractivity contribution in [2.75, 3.05) is 0 Å². The number of rotatable bonds is 7. The van der Waals surface area contributed by atoms with Gasteiger partial charge in [-0.1, -0.05) is 25.2 Å². The molecule has 22 heavy (non-hydrogen) atoms. The molecular weight excluding hydrogens is 276 g/mol. The number of hydrogen-bond donors (Lipinski definition) is 2. The third kappa shape index (κ3) is 4.79. The van der Waals surface area contributed by atoms with Crippen LogP contribution in [0.3, 0.4) is 0 Å². The van der Waals surface area contributed by atoms with Crippen molar-refractivity contribution >= 4 is 5.78 Å². The van der Waals surface area contributed by atoms with Gasteiger partial charge in [0, 0.05) is 6.42 Å². The van der Waals surface area contributed by atoms with Gasteiger partial charge in [0.05, 0.1) is 12.2 Å². The number of allylic oxidation sites excluding steroid dienone is 4. The summed E-state index contributed by atoms with van der Waals surface area (Å²) in [6.07, 6.45) is 11.6. The van der Waals surface area contributed by atoms with Gasteiger partial charge in [0.25, 0.3) is 0 Å². The summed E-state index contributed by atoms with van der Waals surface area (Å²) in [4.78, 5) is 11.0. The van der Waals surface area contributed by atoms with Gasteiger partial charge in [-0.2, -0.15) is 0 Å². The fourth-order valence-corrected chi connectivity index (χ4v) is 4.05. The first-order valence-corrected chi connectivity index (χ1v) is 8.71. The molecule has 3 heteroatoms. The largest absolute Gasteiger partial charge is 0.393 e. The summed E-state index contributed by atoms with van der Waals surface area (Å²) in [7, 11) is 0. The Morgan fingerprint density at radius 2 is 2.14 bits per heavy atom. The van der Waals surface area contributed by atoms with E-state index in [1.165, 1.54) is 31.8 Å². The summed E-state index contributed by atoms with van der Waals surface area (Å²) in [5.41, 5.74) is 1.49. The molecule has 0 amide bonds. The molecule has 0 fully saturated rings. The zero-order valence-electron chi connectivity index (χ0n) is 13.9. The summed E-state index contributed by atoms with van der Waals surface area (Å²) >= 11 is 0. The van der Waals surface area contributed by atoms with Crippen molar-refractivity contribution in [3.63, 3.8) is 0 Å². The van der Waals surface area contributed by atoms with Gasteiger partial charge in [-0.3, -0.25) is 4.79 Å². The minimum atomic E-state index is -0.707. The lowest BCUT2D eigenvalue weighted by molar-refractivity contribution is -0.119. The summed E-state index contributed by atoms with van der Waals surface area (Å²) in [5.74, 6) is 1.76. The number of fused-ring (bicyclic) bond motifs is 1. The maximum absolute atomic E-state index is 11.0. The van der Waals surface area contributed by atoms with Gasteiger partial charge in [0.1, 0.15) is 5.78 Å².